The van der Waals surface area contributed by atoms with Crippen LogP contribution in [0.2, 0.25) is 0 Å². The molecule has 390 valence electrons. The topological polar surface area (TPSA) is 233 Å². The van der Waals surface area contributed by atoms with Crippen molar-refractivity contribution in [3.63, 3.8) is 0 Å². The second kappa shape index (κ2) is 39.7. The van der Waals surface area contributed by atoms with Crippen molar-refractivity contribution < 1.29 is 71.5 Å². The van der Waals surface area contributed by atoms with Gasteiger partial charge in [-0.25, -0.2) is 9.13 Å². The van der Waals surface area contributed by atoms with Gasteiger partial charge in [-0.2, -0.15) is 0 Å². The maximum Gasteiger partial charge on any atom is 0.472 e. The fraction of sp³-hybridized carbons (Fsp3) is 0.820. The van der Waals surface area contributed by atoms with Crippen LogP contribution in [0.1, 0.15) is 201 Å². The molecule has 1 aliphatic rings. The average Bonchev–Trinajstić information content (AvgIpc) is 3.63. The van der Waals surface area contributed by atoms with Gasteiger partial charge in [-0.15, -0.1) is 0 Å². The Morgan fingerprint density at radius 2 is 1.18 bits per heavy atom. The summed E-state index contributed by atoms with van der Waals surface area (Å²) in [6.07, 6.45) is 36.2. The molecule has 1 unspecified atom stereocenters. The highest BCUT2D eigenvalue weighted by atomic mass is 31.2. The van der Waals surface area contributed by atoms with Gasteiger partial charge in [0.05, 0.1) is 25.9 Å². The second-order valence-corrected chi connectivity index (χ2v) is 21.3. The number of hydrogen-bond acceptors (Lipinski definition) is 12. The van der Waals surface area contributed by atoms with E-state index >= 15 is 0 Å². The quantitative estimate of drug-likeness (QED) is 0.0165. The van der Waals surface area contributed by atoms with E-state index in [4.69, 9.17) is 28.3 Å². The van der Waals surface area contributed by atoms with Crippen molar-refractivity contribution >= 4 is 33.4 Å². The highest BCUT2D eigenvalue weighted by Gasteiger charge is 2.29. The van der Waals surface area contributed by atoms with Crippen molar-refractivity contribution in [1.29, 1.82) is 0 Å². The number of carbonyl (C=O) groups excluding carboxylic acids is 3. The number of phosphoric acid groups is 2. The van der Waals surface area contributed by atoms with E-state index in [0.717, 1.165) is 50.9 Å². The monoisotopic (exact) mass is 993 g/mol. The molecule has 0 spiro atoms. The number of phosphoric ester groups is 2. The fourth-order valence-corrected chi connectivity index (χ4v) is 8.86. The summed E-state index contributed by atoms with van der Waals surface area (Å²) in [6, 6.07) is 0. The Kier molecular flexibility index (Phi) is 37.3. The average molecular weight is 993 g/mol. The van der Waals surface area contributed by atoms with Crippen LogP contribution in [0.4, 0.5) is 0 Å². The molecule has 1 aliphatic carbocycles. The van der Waals surface area contributed by atoms with Crippen LogP contribution in [-0.2, 0) is 46.6 Å². The molecule has 17 heteroatoms. The van der Waals surface area contributed by atoms with Crippen molar-refractivity contribution in [2.24, 2.45) is 17.8 Å². The number of aliphatic hydroxyl groups is 2. The number of hydrogen-bond donors (Lipinski definition) is 5. The Labute approximate surface area is 403 Å². The molecule has 15 nitrogen and oxygen atoms in total. The minimum atomic E-state index is -4.89. The third-order valence-electron chi connectivity index (χ3n) is 11.7. The molecule has 0 heterocycles. The van der Waals surface area contributed by atoms with Crippen LogP contribution >= 0.6 is 15.6 Å². The smallest absolute Gasteiger partial charge is 0.462 e. The highest BCUT2D eigenvalue weighted by Crippen LogP contribution is 2.44. The van der Waals surface area contributed by atoms with Crippen molar-refractivity contribution in [1.82, 2.24) is 0 Å². The van der Waals surface area contributed by atoms with Crippen LogP contribution in [0.25, 0.3) is 0 Å². The summed E-state index contributed by atoms with van der Waals surface area (Å²) in [5.41, 5.74) is 0. The summed E-state index contributed by atoms with van der Waals surface area (Å²) in [6.45, 7) is 3.82. The van der Waals surface area contributed by atoms with Gasteiger partial charge >= 0.3 is 27.6 Å². The van der Waals surface area contributed by atoms with E-state index in [9.17, 15) is 38.6 Å². The van der Waals surface area contributed by atoms with Gasteiger partial charge in [0, 0.05) is 18.8 Å². The summed E-state index contributed by atoms with van der Waals surface area (Å²) < 4.78 is 48.0. The van der Waals surface area contributed by atoms with E-state index in [1.165, 1.54) is 89.9 Å². The first-order chi connectivity index (χ1) is 32.0. The molecule has 0 aliphatic heterocycles. The first-order valence-corrected chi connectivity index (χ1v) is 28.6. The van der Waals surface area contributed by atoms with E-state index in [0.29, 0.717) is 32.1 Å². The van der Waals surface area contributed by atoms with E-state index in [2.05, 4.69) is 25.3 Å². The minimum absolute atomic E-state index is 0.0117. The first kappa shape index (κ1) is 63.0. The largest absolute Gasteiger partial charge is 0.472 e. The number of ketones is 1. The van der Waals surface area contributed by atoms with Gasteiger partial charge in [0.25, 0.3) is 0 Å². The summed E-state index contributed by atoms with van der Waals surface area (Å²) in [7, 11) is -9.75. The molecule has 0 saturated carbocycles. The van der Waals surface area contributed by atoms with Crippen molar-refractivity contribution in [3.05, 3.63) is 36.5 Å². The van der Waals surface area contributed by atoms with Crippen LogP contribution in [0.15, 0.2) is 36.5 Å². The van der Waals surface area contributed by atoms with E-state index in [1.807, 2.05) is 18.2 Å². The van der Waals surface area contributed by atoms with Crippen LogP contribution in [0, 0.1) is 17.8 Å². The Balaban J connectivity index is 2.42. The lowest BCUT2D eigenvalue weighted by atomic mass is 9.90. The molecule has 0 saturated heterocycles. The molecular formula is C50H90O15P2. The van der Waals surface area contributed by atoms with Crippen LogP contribution < -0.4 is 0 Å². The van der Waals surface area contributed by atoms with Gasteiger partial charge in [0.15, 0.2) is 11.9 Å². The maximum absolute atomic E-state index is 12.8. The number of carbonyl (C=O) groups is 3. The van der Waals surface area contributed by atoms with Gasteiger partial charge in [0.1, 0.15) is 12.7 Å². The van der Waals surface area contributed by atoms with Crippen LogP contribution in [0.3, 0.4) is 0 Å². The van der Waals surface area contributed by atoms with E-state index < -0.39 is 72.3 Å². The van der Waals surface area contributed by atoms with Crippen molar-refractivity contribution in [2.45, 2.75) is 219 Å². The summed E-state index contributed by atoms with van der Waals surface area (Å²) in [4.78, 5) is 65.5. The Bertz CT molecular complexity index is 1480. The predicted octanol–water partition coefficient (Wildman–Crippen LogP) is 11.5. The van der Waals surface area contributed by atoms with E-state index in [1.54, 1.807) is 18.2 Å². The Hall–Kier alpha value is -2.03. The minimum Gasteiger partial charge on any atom is -0.462 e. The van der Waals surface area contributed by atoms with Gasteiger partial charge in [-0.05, 0) is 50.0 Å². The van der Waals surface area contributed by atoms with Gasteiger partial charge in [0.2, 0.25) is 0 Å². The number of unbranched alkanes of at least 4 members (excludes halogenated alkanes) is 20. The zero-order valence-corrected chi connectivity index (χ0v) is 43.1. The molecule has 0 bridgehead atoms. The number of ether oxygens (including phenoxy) is 2. The highest BCUT2D eigenvalue weighted by molar-refractivity contribution is 7.47. The Morgan fingerprint density at radius 3 is 1.75 bits per heavy atom. The lowest BCUT2D eigenvalue weighted by molar-refractivity contribution is -0.161. The van der Waals surface area contributed by atoms with Gasteiger partial charge in [-0.3, -0.25) is 28.0 Å². The molecule has 1 rings (SSSR count). The van der Waals surface area contributed by atoms with Crippen LogP contribution in [0.5, 0.6) is 0 Å². The molecular weight excluding hydrogens is 902 g/mol. The molecule has 6 atom stereocenters. The fourth-order valence-electron chi connectivity index (χ4n) is 7.70. The third kappa shape index (κ3) is 38.4. The molecule has 0 radical (unpaired) electrons. The van der Waals surface area contributed by atoms with Crippen LogP contribution in [-0.4, -0.2) is 87.4 Å². The standard InChI is InChI=1S/C50H90O15P2/c1-4-5-24-31-44(51)35-36-47-43(34-37-48(47)53)30-26-22-23-27-32-49(54)61-40-46(41-64-67(59,60)63-39-45(52)38-62-66(56,57)58)65-50(55)33-28-21-19-17-15-13-11-9-7-6-8-10-12-14-16-18-20-25-29-42(2)3/h22,26,34-37,42-47,51-52H,4-21,23-25,27-33,38-41H2,1-3H3,(H,59,60)(H2,56,57,58)/b26-22-,36-35+/t43-,44-,45-,46+,47+/m0/s1. The summed E-state index contributed by atoms with van der Waals surface area (Å²) in [5, 5.41) is 20.0. The SMILES string of the molecule is CCCCC[C@H](O)/C=C/[C@H]1C(=O)C=C[C@@H]1C/C=C\CCCC(=O)OC[C@H](COP(=O)(O)OC[C@@H](O)COP(=O)(O)O)OC(=O)CCCCCCCCCCCCCCCCCCCCC(C)C. The Morgan fingerprint density at radius 1 is 0.657 bits per heavy atom. The third-order valence-corrected chi connectivity index (χ3v) is 13.1. The number of rotatable bonds is 45. The van der Waals surface area contributed by atoms with Gasteiger partial charge in [-0.1, -0.05) is 186 Å². The molecule has 0 aromatic heterocycles. The van der Waals surface area contributed by atoms with Crippen molar-refractivity contribution in [2.75, 3.05) is 26.4 Å². The number of aliphatic hydroxyl groups excluding tert-OH is 2. The molecule has 67 heavy (non-hydrogen) atoms. The number of esters is 2. The summed E-state index contributed by atoms with van der Waals surface area (Å²) in [5.74, 6) is -0.671. The number of allylic oxidation sites excluding steroid dienone is 5. The normalized spacial score (nSPS) is 17.7. The molecule has 5 N–H and O–H groups in total. The lowest BCUT2D eigenvalue weighted by Crippen LogP contribution is -2.30. The van der Waals surface area contributed by atoms with Gasteiger partial charge < -0.3 is 34.4 Å². The lowest BCUT2D eigenvalue weighted by Gasteiger charge is -2.20. The molecule has 0 fully saturated rings. The molecule has 0 aromatic rings. The molecule has 0 amide bonds. The van der Waals surface area contributed by atoms with Crippen molar-refractivity contribution in [3.8, 4) is 0 Å². The maximum atomic E-state index is 12.8. The molecule has 0 aromatic carbocycles. The van der Waals surface area contributed by atoms with E-state index in [-0.39, 0.29) is 30.5 Å². The second-order valence-electron chi connectivity index (χ2n) is 18.6. The summed E-state index contributed by atoms with van der Waals surface area (Å²) >= 11 is 0. The zero-order valence-electron chi connectivity index (χ0n) is 41.3. The zero-order chi connectivity index (χ0) is 49.6. The predicted molar refractivity (Wildman–Crippen MR) is 262 cm³/mol. The first-order valence-electron chi connectivity index (χ1n) is 25.6.